The fourth-order valence-corrected chi connectivity index (χ4v) is 3.78. The van der Waals surface area contributed by atoms with E-state index in [-0.39, 0.29) is 0 Å². The van der Waals surface area contributed by atoms with Gasteiger partial charge in [0.05, 0.1) is 25.1 Å². The van der Waals surface area contributed by atoms with Crippen LogP contribution in [-0.4, -0.2) is 4.57 Å². The second kappa shape index (κ2) is 5.44. The number of halogens is 1. The van der Waals surface area contributed by atoms with Gasteiger partial charge in [-0.15, -0.1) is 16.4 Å². The van der Waals surface area contributed by atoms with Crippen LogP contribution in [0.5, 0.6) is 0 Å². The number of nitrogens with one attached hydrogen (secondary N) is 1. The van der Waals surface area contributed by atoms with E-state index in [1.807, 2.05) is 31.3 Å². The van der Waals surface area contributed by atoms with Crippen molar-refractivity contribution < 1.29 is 0 Å². The van der Waals surface area contributed by atoms with E-state index in [0.29, 0.717) is 0 Å². The van der Waals surface area contributed by atoms with Crippen LogP contribution < -0.4 is 10.2 Å². The summed E-state index contributed by atoms with van der Waals surface area (Å²) >= 11 is 9.03. The largest absolute Gasteiger partial charge is 0.318 e. The Morgan fingerprint density at radius 1 is 1.25 bits per heavy atom. The first kappa shape index (κ1) is 13.4. The Morgan fingerprint density at radius 2 is 2.05 bits per heavy atom. The molecule has 0 saturated carbocycles. The summed E-state index contributed by atoms with van der Waals surface area (Å²) < 4.78 is 4.01. The Balaban J connectivity index is 1.91. The van der Waals surface area contributed by atoms with Gasteiger partial charge in [0.2, 0.25) is 4.80 Å². The van der Waals surface area contributed by atoms with E-state index < -0.39 is 0 Å². The number of thiazole rings is 1. The molecule has 20 heavy (non-hydrogen) atoms. The van der Waals surface area contributed by atoms with Crippen LogP contribution >= 0.6 is 34.3 Å². The predicted octanol–water partition coefficient (Wildman–Crippen LogP) is 4.03. The van der Waals surface area contributed by atoms with Crippen LogP contribution in [0.4, 0.5) is 0 Å². The SMILES string of the molecule is C=C(NN=c1sc2ccccc2n1C)c1ccc(Cl)s1. The van der Waals surface area contributed by atoms with E-state index in [4.69, 9.17) is 11.6 Å². The van der Waals surface area contributed by atoms with Crippen LogP contribution in [0.2, 0.25) is 4.34 Å². The molecule has 0 atom stereocenters. The number of rotatable bonds is 3. The molecule has 0 aliphatic rings. The molecule has 0 radical (unpaired) electrons. The summed E-state index contributed by atoms with van der Waals surface area (Å²) in [5, 5.41) is 4.42. The standard InChI is InChI=1S/C14H12ClN3S2/c1-9(11-7-8-13(15)19-11)16-17-14-18(2)10-5-3-4-6-12(10)20-14/h3-8,16H,1H2,2H3. The van der Waals surface area contributed by atoms with Gasteiger partial charge in [-0.3, -0.25) is 5.43 Å². The lowest BCUT2D eigenvalue weighted by Gasteiger charge is -2.00. The van der Waals surface area contributed by atoms with Gasteiger partial charge in [-0.05, 0) is 24.3 Å². The van der Waals surface area contributed by atoms with E-state index in [0.717, 1.165) is 19.7 Å². The summed E-state index contributed by atoms with van der Waals surface area (Å²) in [5.74, 6) is 0. The Labute approximate surface area is 129 Å². The van der Waals surface area contributed by atoms with Crippen LogP contribution in [0.15, 0.2) is 48.1 Å². The third-order valence-electron chi connectivity index (χ3n) is 2.87. The van der Waals surface area contributed by atoms with Gasteiger partial charge in [0.25, 0.3) is 0 Å². The highest BCUT2D eigenvalue weighted by Gasteiger charge is 2.03. The zero-order valence-electron chi connectivity index (χ0n) is 10.8. The number of hydrogen-bond acceptors (Lipinski definition) is 4. The highest BCUT2D eigenvalue weighted by atomic mass is 35.5. The van der Waals surface area contributed by atoms with Crippen LogP contribution in [0, 0.1) is 0 Å². The molecular weight excluding hydrogens is 310 g/mol. The van der Waals surface area contributed by atoms with Crippen molar-refractivity contribution in [3.05, 3.63) is 57.0 Å². The van der Waals surface area contributed by atoms with Crippen LogP contribution in [0.3, 0.4) is 0 Å². The fourth-order valence-electron chi connectivity index (χ4n) is 1.84. The van der Waals surface area contributed by atoms with Crippen LogP contribution in [0.1, 0.15) is 4.88 Å². The van der Waals surface area contributed by atoms with Gasteiger partial charge in [0, 0.05) is 7.05 Å². The molecule has 0 unspecified atom stereocenters. The topological polar surface area (TPSA) is 29.3 Å². The third kappa shape index (κ3) is 2.52. The smallest absolute Gasteiger partial charge is 0.208 e. The Kier molecular flexibility index (Phi) is 3.65. The molecule has 3 nitrogen and oxygen atoms in total. The van der Waals surface area contributed by atoms with Crippen molar-refractivity contribution in [3.8, 4) is 0 Å². The normalized spacial score (nSPS) is 12.0. The van der Waals surface area contributed by atoms with E-state index in [2.05, 4.69) is 33.8 Å². The van der Waals surface area contributed by atoms with Crippen molar-refractivity contribution in [2.45, 2.75) is 0 Å². The van der Waals surface area contributed by atoms with Crippen molar-refractivity contribution in [3.63, 3.8) is 0 Å². The summed E-state index contributed by atoms with van der Waals surface area (Å²) in [6, 6.07) is 12.0. The molecule has 2 aromatic heterocycles. The van der Waals surface area contributed by atoms with Crippen molar-refractivity contribution in [2.24, 2.45) is 12.1 Å². The maximum Gasteiger partial charge on any atom is 0.208 e. The van der Waals surface area contributed by atoms with Gasteiger partial charge in [-0.1, -0.05) is 41.6 Å². The monoisotopic (exact) mass is 321 g/mol. The van der Waals surface area contributed by atoms with Crippen molar-refractivity contribution >= 4 is 50.2 Å². The predicted molar refractivity (Wildman–Crippen MR) is 87.9 cm³/mol. The zero-order valence-corrected chi connectivity index (χ0v) is 13.1. The van der Waals surface area contributed by atoms with Gasteiger partial charge in [-0.2, -0.15) is 0 Å². The Hall–Kier alpha value is -1.56. The number of para-hydroxylation sites is 1. The minimum Gasteiger partial charge on any atom is -0.318 e. The van der Waals surface area contributed by atoms with Gasteiger partial charge in [0.1, 0.15) is 0 Å². The Bertz CT molecular complexity index is 841. The number of fused-ring (bicyclic) bond motifs is 1. The zero-order chi connectivity index (χ0) is 14.1. The third-order valence-corrected chi connectivity index (χ3v) is 5.28. The lowest BCUT2D eigenvalue weighted by molar-refractivity contribution is 0.840. The summed E-state index contributed by atoms with van der Waals surface area (Å²) in [4.78, 5) is 1.89. The van der Waals surface area contributed by atoms with Crippen molar-refractivity contribution in [1.29, 1.82) is 0 Å². The molecule has 0 saturated heterocycles. The fraction of sp³-hybridized carbons (Fsp3) is 0.0714. The first-order chi connectivity index (χ1) is 9.65. The second-order valence-corrected chi connectivity index (χ2v) is 6.94. The maximum atomic E-state index is 5.92. The molecule has 3 rings (SSSR count). The number of benzene rings is 1. The minimum atomic E-state index is 0.746. The first-order valence-corrected chi connectivity index (χ1v) is 7.95. The molecule has 1 N–H and O–H groups in total. The quantitative estimate of drug-likeness (QED) is 0.725. The molecule has 0 bridgehead atoms. The number of thiophene rings is 1. The average Bonchev–Trinajstić information content (AvgIpc) is 3.01. The summed E-state index contributed by atoms with van der Waals surface area (Å²) in [5.41, 5.74) is 4.92. The van der Waals surface area contributed by atoms with Gasteiger partial charge in [-0.25, -0.2) is 0 Å². The summed E-state index contributed by atoms with van der Waals surface area (Å²) in [6.07, 6.45) is 0. The van der Waals surface area contributed by atoms with Crippen LogP contribution in [-0.2, 0) is 7.05 Å². The van der Waals surface area contributed by atoms with E-state index in [9.17, 15) is 0 Å². The molecule has 0 fully saturated rings. The molecule has 3 aromatic rings. The van der Waals surface area contributed by atoms with E-state index in [1.54, 1.807) is 11.3 Å². The number of hydrogen-bond donors (Lipinski definition) is 1. The summed E-state index contributed by atoms with van der Waals surface area (Å²) in [7, 11) is 2.00. The summed E-state index contributed by atoms with van der Waals surface area (Å²) in [6.45, 7) is 3.98. The molecule has 102 valence electrons. The average molecular weight is 322 g/mol. The highest BCUT2D eigenvalue weighted by Crippen LogP contribution is 2.25. The lowest BCUT2D eigenvalue weighted by Crippen LogP contribution is -2.15. The van der Waals surface area contributed by atoms with Crippen molar-refractivity contribution in [1.82, 2.24) is 9.99 Å². The van der Waals surface area contributed by atoms with E-state index in [1.165, 1.54) is 21.6 Å². The highest BCUT2D eigenvalue weighted by molar-refractivity contribution is 7.17. The molecule has 2 heterocycles. The molecule has 0 spiro atoms. The molecular formula is C14H12ClN3S2. The first-order valence-electron chi connectivity index (χ1n) is 5.94. The Morgan fingerprint density at radius 3 is 2.75 bits per heavy atom. The van der Waals surface area contributed by atoms with E-state index >= 15 is 0 Å². The van der Waals surface area contributed by atoms with Crippen LogP contribution in [0.25, 0.3) is 15.9 Å². The number of nitrogens with zero attached hydrogens (tertiary/aromatic N) is 2. The molecule has 1 aromatic carbocycles. The molecule has 0 aliphatic carbocycles. The minimum absolute atomic E-state index is 0.746. The van der Waals surface area contributed by atoms with Crippen molar-refractivity contribution in [2.75, 3.05) is 0 Å². The molecule has 6 heteroatoms. The van der Waals surface area contributed by atoms with Gasteiger partial charge < -0.3 is 4.57 Å². The maximum absolute atomic E-state index is 5.92. The number of aromatic nitrogens is 1. The van der Waals surface area contributed by atoms with Gasteiger partial charge in [0.15, 0.2) is 0 Å². The van der Waals surface area contributed by atoms with Gasteiger partial charge >= 0.3 is 0 Å². The number of aryl methyl sites for hydroxylation is 1. The molecule has 0 amide bonds. The molecule has 0 aliphatic heterocycles. The lowest BCUT2D eigenvalue weighted by atomic mass is 10.3. The second-order valence-electron chi connectivity index (χ2n) is 4.22.